The number of aromatic nitrogens is 1. The molecule has 7 nitrogen and oxygen atoms in total. The molecular weight excluding hydrogens is 437 g/mol. The number of piperazine rings is 1. The molecule has 0 radical (unpaired) electrons. The first-order valence-electron chi connectivity index (χ1n) is 10.3. The van der Waals surface area contributed by atoms with Crippen LogP contribution in [0, 0.1) is 0 Å². The minimum Gasteiger partial charge on any atom is -0.365 e. The molecule has 3 heterocycles. The van der Waals surface area contributed by atoms with Crippen LogP contribution >= 0.6 is 23.2 Å². The predicted octanol–water partition coefficient (Wildman–Crippen LogP) is 3.41. The molecule has 9 heteroatoms. The number of anilines is 1. The summed E-state index contributed by atoms with van der Waals surface area (Å²) >= 11 is 12.2. The number of benzene rings is 1. The van der Waals surface area contributed by atoms with Crippen molar-refractivity contribution in [1.29, 1.82) is 0 Å². The van der Waals surface area contributed by atoms with Crippen LogP contribution in [0.25, 0.3) is 0 Å². The number of hydrogen-bond acceptors (Lipinski definition) is 4. The van der Waals surface area contributed by atoms with Crippen molar-refractivity contribution < 1.29 is 9.59 Å². The van der Waals surface area contributed by atoms with E-state index in [1.807, 2.05) is 29.2 Å². The highest BCUT2D eigenvalue weighted by atomic mass is 35.5. The van der Waals surface area contributed by atoms with Crippen molar-refractivity contribution in [1.82, 2.24) is 20.5 Å². The molecule has 2 fully saturated rings. The summed E-state index contributed by atoms with van der Waals surface area (Å²) < 4.78 is 0. The molecule has 0 spiro atoms. The van der Waals surface area contributed by atoms with E-state index in [0.29, 0.717) is 42.5 Å². The predicted molar refractivity (Wildman–Crippen MR) is 122 cm³/mol. The monoisotopic (exact) mass is 461 g/mol. The van der Waals surface area contributed by atoms with Crippen molar-refractivity contribution in [2.24, 2.45) is 0 Å². The fourth-order valence-electron chi connectivity index (χ4n) is 4.36. The third-order valence-corrected chi connectivity index (χ3v) is 6.84. The topological polar surface area (TPSA) is 77.6 Å². The second kappa shape index (κ2) is 8.93. The number of nitrogens with zero attached hydrogens (tertiary/aromatic N) is 3. The maximum atomic E-state index is 13.0. The van der Waals surface area contributed by atoms with Gasteiger partial charge in [0.2, 0.25) is 5.91 Å². The average Bonchev–Trinajstić information content (AvgIpc) is 3.16. The van der Waals surface area contributed by atoms with E-state index in [2.05, 4.69) is 27.4 Å². The first-order chi connectivity index (χ1) is 14.9. The van der Waals surface area contributed by atoms with Crippen LogP contribution in [0.2, 0.25) is 10.0 Å². The first kappa shape index (κ1) is 21.7. The van der Waals surface area contributed by atoms with Crippen LogP contribution in [0.5, 0.6) is 0 Å². The van der Waals surface area contributed by atoms with Gasteiger partial charge in [-0.25, -0.2) is 4.79 Å². The fourth-order valence-corrected chi connectivity index (χ4v) is 4.65. The SMILES string of the molecule is C[C@H]1CN(C(=O)CCC2(c3cccnc3)CNC(=O)N2)CCN1c1ccc(Cl)c(Cl)c1. The van der Waals surface area contributed by atoms with Gasteiger partial charge in [-0.05, 0) is 43.2 Å². The zero-order chi connectivity index (χ0) is 22.0. The van der Waals surface area contributed by atoms with Crippen LogP contribution in [0.4, 0.5) is 10.5 Å². The molecule has 2 aliphatic rings. The van der Waals surface area contributed by atoms with Crippen molar-refractivity contribution in [3.8, 4) is 0 Å². The normalized spacial score (nSPS) is 23.5. The van der Waals surface area contributed by atoms with Gasteiger partial charge in [-0.15, -0.1) is 0 Å². The largest absolute Gasteiger partial charge is 0.365 e. The second-order valence-corrected chi connectivity index (χ2v) is 8.93. The number of urea groups is 1. The highest BCUT2D eigenvalue weighted by molar-refractivity contribution is 6.42. The Balaban J connectivity index is 1.39. The van der Waals surface area contributed by atoms with E-state index >= 15 is 0 Å². The van der Waals surface area contributed by atoms with Crippen molar-refractivity contribution in [3.63, 3.8) is 0 Å². The second-order valence-electron chi connectivity index (χ2n) is 8.11. The van der Waals surface area contributed by atoms with Gasteiger partial charge in [-0.1, -0.05) is 29.3 Å². The zero-order valence-electron chi connectivity index (χ0n) is 17.3. The minimum absolute atomic E-state index is 0.0880. The van der Waals surface area contributed by atoms with E-state index < -0.39 is 5.54 Å². The molecule has 2 aromatic rings. The number of carbonyl (C=O) groups excluding carboxylic acids is 2. The summed E-state index contributed by atoms with van der Waals surface area (Å²) in [6, 6.07) is 9.32. The van der Waals surface area contributed by atoms with Crippen molar-refractivity contribution >= 4 is 40.8 Å². The van der Waals surface area contributed by atoms with Crippen molar-refractivity contribution in [2.75, 3.05) is 31.1 Å². The summed E-state index contributed by atoms with van der Waals surface area (Å²) in [5.74, 6) is 0.0880. The summed E-state index contributed by atoms with van der Waals surface area (Å²) in [4.78, 5) is 33.2. The number of rotatable bonds is 5. The molecule has 2 aliphatic heterocycles. The van der Waals surface area contributed by atoms with E-state index in [9.17, 15) is 9.59 Å². The van der Waals surface area contributed by atoms with E-state index in [4.69, 9.17) is 23.2 Å². The summed E-state index contributed by atoms with van der Waals surface area (Å²) in [6.07, 6.45) is 4.30. The number of nitrogens with one attached hydrogen (secondary N) is 2. The van der Waals surface area contributed by atoms with Gasteiger partial charge in [0.05, 0.1) is 15.6 Å². The third-order valence-electron chi connectivity index (χ3n) is 6.10. The number of pyridine rings is 1. The third kappa shape index (κ3) is 4.57. The van der Waals surface area contributed by atoms with Gasteiger partial charge in [0.25, 0.3) is 0 Å². The lowest BCUT2D eigenvalue weighted by atomic mass is 9.87. The van der Waals surface area contributed by atoms with E-state index in [1.54, 1.807) is 18.5 Å². The van der Waals surface area contributed by atoms with Gasteiger partial charge in [0.15, 0.2) is 0 Å². The van der Waals surface area contributed by atoms with Gasteiger partial charge in [-0.2, -0.15) is 0 Å². The Morgan fingerprint density at radius 1 is 1.26 bits per heavy atom. The Kier molecular flexibility index (Phi) is 6.25. The Hall–Kier alpha value is -2.51. The van der Waals surface area contributed by atoms with Crippen LogP contribution < -0.4 is 15.5 Å². The van der Waals surface area contributed by atoms with Crippen LogP contribution in [0.1, 0.15) is 25.3 Å². The molecular formula is C22H25Cl2N5O2. The lowest BCUT2D eigenvalue weighted by molar-refractivity contribution is -0.132. The summed E-state index contributed by atoms with van der Waals surface area (Å²) in [6.45, 7) is 4.51. The molecule has 0 aliphatic carbocycles. The lowest BCUT2D eigenvalue weighted by Crippen LogP contribution is -2.54. The maximum absolute atomic E-state index is 13.0. The lowest BCUT2D eigenvalue weighted by Gasteiger charge is -2.41. The summed E-state index contributed by atoms with van der Waals surface area (Å²) in [5.41, 5.74) is 1.29. The molecule has 2 N–H and O–H groups in total. The Morgan fingerprint density at radius 2 is 2.10 bits per heavy atom. The van der Waals surface area contributed by atoms with Crippen molar-refractivity contribution in [3.05, 3.63) is 58.3 Å². The Labute approximate surface area is 191 Å². The maximum Gasteiger partial charge on any atom is 0.315 e. The molecule has 1 aromatic carbocycles. The molecule has 0 bridgehead atoms. The standard InChI is InChI=1S/C22H25Cl2N5O2/c1-15-13-28(9-10-29(15)17-4-5-18(23)19(24)11-17)20(30)6-7-22(14-26-21(31)27-22)16-3-2-8-25-12-16/h2-5,8,11-12,15H,6-7,9-10,13-14H2,1H3,(H2,26,27,31)/t15-,22?/m0/s1. The molecule has 1 aromatic heterocycles. The molecule has 1 unspecified atom stereocenters. The highest BCUT2D eigenvalue weighted by Crippen LogP contribution is 2.31. The summed E-state index contributed by atoms with van der Waals surface area (Å²) in [5, 5.41) is 6.88. The van der Waals surface area contributed by atoms with Gasteiger partial charge in [-0.3, -0.25) is 9.78 Å². The van der Waals surface area contributed by atoms with E-state index in [0.717, 1.165) is 17.8 Å². The number of halogens is 2. The molecule has 31 heavy (non-hydrogen) atoms. The van der Waals surface area contributed by atoms with Gasteiger partial charge in [0.1, 0.15) is 0 Å². The number of amides is 3. The van der Waals surface area contributed by atoms with E-state index in [1.165, 1.54) is 0 Å². The molecule has 164 valence electrons. The van der Waals surface area contributed by atoms with Gasteiger partial charge in [0, 0.05) is 56.7 Å². The summed E-state index contributed by atoms with van der Waals surface area (Å²) in [7, 11) is 0. The first-order valence-corrected chi connectivity index (χ1v) is 11.1. The minimum atomic E-state index is -0.617. The highest BCUT2D eigenvalue weighted by Gasteiger charge is 2.40. The average molecular weight is 462 g/mol. The molecule has 3 amide bonds. The van der Waals surface area contributed by atoms with Crippen LogP contribution in [0.3, 0.4) is 0 Å². The Morgan fingerprint density at radius 3 is 2.74 bits per heavy atom. The van der Waals surface area contributed by atoms with Crippen LogP contribution in [0.15, 0.2) is 42.7 Å². The smallest absolute Gasteiger partial charge is 0.315 e. The number of carbonyl (C=O) groups is 2. The molecule has 2 atom stereocenters. The van der Waals surface area contributed by atoms with Crippen LogP contribution in [-0.4, -0.2) is 54.0 Å². The Bertz CT molecular complexity index is 974. The molecule has 4 rings (SSSR count). The molecule has 2 saturated heterocycles. The number of hydrogen-bond donors (Lipinski definition) is 2. The fraction of sp³-hybridized carbons (Fsp3) is 0.409. The van der Waals surface area contributed by atoms with Gasteiger partial charge < -0.3 is 20.4 Å². The zero-order valence-corrected chi connectivity index (χ0v) is 18.8. The van der Waals surface area contributed by atoms with Crippen LogP contribution in [-0.2, 0) is 10.3 Å². The van der Waals surface area contributed by atoms with Gasteiger partial charge >= 0.3 is 6.03 Å². The molecule has 0 saturated carbocycles. The quantitative estimate of drug-likeness (QED) is 0.714. The van der Waals surface area contributed by atoms with Crippen molar-refractivity contribution in [2.45, 2.75) is 31.3 Å². The van der Waals surface area contributed by atoms with E-state index in [-0.39, 0.29) is 18.0 Å².